The molecular formula is C26H23ClN6O5S2. The number of hydrogen-bond acceptors (Lipinski definition) is 11. The summed E-state index contributed by atoms with van der Waals surface area (Å²) >= 11 is 8.47. The van der Waals surface area contributed by atoms with E-state index < -0.39 is 35.3 Å². The highest BCUT2D eigenvalue weighted by Crippen LogP contribution is 2.42. The number of carbonyl (C=O) groups is 3. The molecule has 2 aliphatic heterocycles. The number of hydrogen-bond donors (Lipinski definition) is 2. The quantitative estimate of drug-likeness (QED) is 0.125. The first kappa shape index (κ1) is 27.6. The minimum absolute atomic E-state index is 0.0248. The maximum Gasteiger partial charge on any atom is 0.356 e. The van der Waals surface area contributed by atoms with Crippen LogP contribution in [0.5, 0.6) is 0 Å². The Morgan fingerprint density at radius 1 is 1.18 bits per heavy atom. The fourth-order valence-corrected chi connectivity index (χ4v) is 6.45. The van der Waals surface area contributed by atoms with Gasteiger partial charge >= 0.3 is 5.97 Å². The van der Waals surface area contributed by atoms with Crippen LogP contribution in [0.3, 0.4) is 0 Å². The predicted octanol–water partition coefficient (Wildman–Crippen LogP) is 2.70. The Morgan fingerprint density at radius 3 is 2.38 bits per heavy atom. The van der Waals surface area contributed by atoms with Gasteiger partial charge in [0, 0.05) is 23.2 Å². The molecule has 0 aliphatic carbocycles. The third-order valence-corrected chi connectivity index (χ3v) is 8.37. The Kier molecular flexibility index (Phi) is 8.33. The van der Waals surface area contributed by atoms with Crippen LogP contribution < -0.4 is 11.1 Å². The second kappa shape index (κ2) is 12.1. The van der Waals surface area contributed by atoms with E-state index in [4.69, 9.17) is 26.9 Å². The second-order valence-electron chi connectivity index (χ2n) is 8.63. The average molecular weight is 599 g/mol. The zero-order chi connectivity index (χ0) is 28.2. The Bertz CT molecular complexity index is 1440. The zero-order valence-corrected chi connectivity index (χ0v) is 23.4. The molecule has 3 aromatic rings. The number of nitrogens with two attached hydrogens (primary N) is 1. The van der Waals surface area contributed by atoms with Crippen LogP contribution in [0.4, 0.5) is 5.13 Å². The summed E-state index contributed by atoms with van der Waals surface area (Å²) < 4.78 is 10.0. The molecule has 1 fully saturated rings. The van der Waals surface area contributed by atoms with Crippen molar-refractivity contribution in [1.29, 1.82) is 0 Å². The van der Waals surface area contributed by atoms with Gasteiger partial charge in [0.05, 0.1) is 0 Å². The molecule has 3 N–H and O–H groups in total. The molecule has 1 saturated heterocycles. The summed E-state index contributed by atoms with van der Waals surface area (Å²) in [6.45, 7) is 0. The molecule has 2 amide bonds. The Hall–Kier alpha value is -3.94. The third-order valence-electron chi connectivity index (χ3n) is 6.17. The number of oxime groups is 1. The van der Waals surface area contributed by atoms with Crippen molar-refractivity contribution < 1.29 is 24.0 Å². The van der Waals surface area contributed by atoms with E-state index in [2.05, 4.69) is 19.8 Å². The molecule has 14 heteroatoms. The maximum absolute atomic E-state index is 13.7. The first-order valence-electron chi connectivity index (χ1n) is 12.0. The van der Waals surface area contributed by atoms with Crippen molar-refractivity contribution in [2.45, 2.75) is 17.5 Å². The van der Waals surface area contributed by atoms with Gasteiger partial charge in [-0.25, -0.2) is 4.79 Å². The van der Waals surface area contributed by atoms with Crippen LogP contribution >= 0.6 is 34.9 Å². The highest BCUT2D eigenvalue weighted by atomic mass is 35.5. The van der Waals surface area contributed by atoms with Crippen molar-refractivity contribution in [3.8, 4) is 0 Å². The van der Waals surface area contributed by atoms with Gasteiger partial charge in [-0.05, 0) is 16.7 Å². The number of anilines is 1. The lowest BCUT2D eigenvalue weighted by Gasteiger charge is -2.49. The van der Waals surface area contributed by atoms with Crippen molar-refractivity contribution in [3.63, 3.8) is 0 Å². The van der Waals surface area contributed by atoms with Crippen LogP contribution in [0.25, 0.3) is 0 Å². The standard InChI is InChI=1S/C26H23ClN6O5S2/c1-37-31-17(21-30-26(28)40-32-21)22(34)29-18-23(35)33-19(16(12-27)13-39-24(18)33)25(36)38-20(14-8-4-2-5-9-14)15-10-6-3-7-11-15/h2-11,18,20,24H,12-13H2,1H3,(H,29,34)(H2,28,30,32)/b31-17-/t18?,24-/m1/s1. The molecule has 0 spiro atoms. The van der Waals surface area contributed by atoms with Crippen molar-refractivity contribution in [3.05, 3.63) is 88.9 Å². The topological polar surface area (TPSA) is 149 Å². The number of halogens is 1. The molecule has 0 saturated carbocycles. The van der Waals surface area contributed by atoms with E-state index >= 15 is 0 Å². The van der Waals surface area contributed by atoms with Crippen LogP contribution in [-0.2, 0) is 24.0 Å². The number of nitrogen functional groups attached to an aromatic ring is 1. The number of nitrogens with zero attached hydrogens (tertiary/aromatic N) is 4. The highest BCUT2D eigenvalue weighted by Gasteiger charge is 2.55. The van der Waals surface area contributed by atoms with E-state index in [1.54, 1.807) is 0 Å². The van der Waals surface area contributed by atoms with Crippen LogP contribution in [0, 0.1) is 0 Å². The molecule has 0 radical (unpaired) electrons. The molecule has 2 atom stereocenters. The average Bonchev–Trinajstić information content (AvgIpc) is 3.42. The number of rotatable bonds is 9. The lowest BCUT2D eigenvalue weighted by Crippen LogP contribution is -2.71. The van der Waals surface area contributed by atoms with E-state index in [0.29, 0.717) is 11.3 Å². The monoisotopic (exact) mass is 598 g/mol. The first-order valence-corrected chi connectivity index (χ1v) is 14.3. The van der Waals surface area contributed by atoms with Gasteiger partial charge in [0.15, 0.2) is 11.2 Å². The minimum atomic E-state index is -0.936. The number of amides is 2. The SMILES string of the molecule is CO/N=C(\C(=O)NC1C(=O)N2C(C(=O)OC(c3ccccc3)c3ccccc3)=C(CCl)CS[C@H]12)c1nsc(N)n1. The van der Waals surface area contributed by atoms with E-state index in [-0.39, 0.29) is 28.2 Å². The number of nitrogens with one attached hydrogen (secondary N) is 1. The molecule has 1 aromatic heterocycles. The summed E-state index contributed by atoms with van der Waals surface area (Å²) in [5, 5.41) is 5.95. The van der Waals surface area contributed by atoms with Crippen molar-refractivity contribution in [2.75, 3.05) is 24.5 Å². The molecule has 2 aliphatic rings. The van der Waals surface area contributed by atoms with E-state index in [0.717, 1.165) is 22.7 Å². The van der Waals surface area contributed by atoms with Crippen LogP contribution in [0.1, 0.15) is 23.1 Å². The molecule has 206 valence electrons. The molecule has 1 unspecified atom stereocenters. The fourth-order valence-electron chi connectivity index (χ4n) is 4.34. The van der Waals surface area contributed by atoms with E-state index in [1.807, 2.05) is 60.7 Å². The fraction of sp³-hybridized carbons (Fsp3) is 0.231. The Labute approximate surface area is 242 Å². The normalized spacial score (nSPS) is 18.7. The number of esters is 1. The van der Waals surface area contributed by atoms with Crippen molar-refractivity contribution >= 4 is 63.5 Å². The number of carbonyl (C=O) groups excluding carboxylic acids is 3. The van der Waals surface area contributed by atoms with Gasteiger partial charge < -0.3 is 20.6 Å². The number of benzene rings is 2. The largest absolute Gasteiger partial charge is 0.448 e. The summed E-state index contributed by atoms with van der Waals surface area (Å²) in [4.78, 5) is 50.1. The molecule has 0 bridgehead atoms. The lowest BCUT2D eigenvalue weighted by atomic mass is 10.0. The number of alkyl halides is 1. The first-order chi connectivity index (χ1) is 19.4. The van der Waals surface area contributed by atoms with E-state index in [1.165, 1.54) is 23.8 Å². The molecule has 11 nitrogen and oxygen atoms in total. The van der Waals surface area contributed by atoms with Crippen molar-refractivity contribution in [2.24, 2.45) is 5.16 Å². The second-order valence-corrected chi connectivity index (χ2v) is 10.8. The number of aromatic nitrogens is 2. The van der Waals surface area contributed by atoms with E-state index in [9.17, 15) is 14.4 Å². The summed E-state index contributed by atoms with van der Waals surface area (Å²) in [6.07, 6.45) is -0.704. The Balaban J connectivity index is 1.37. The summed E-state index contributed by atoms with van der Waals surface area (Å²) in [5.41, 5.74) is 7.61. The lowest BCUT2D eigenvalue weighted by molar-refractivity contribution is -0.154. The third kappa shape index (κ3) is 5.40. The van der Waals surface area contributed by atoms with Gasteiger partial charge in [0.25, 0.3) is 11.8 Å². The van der Waals surface area contributed by atoms with Crippen LogP contribution in [0.15, 0.2) is 77.1 Å². The van der Waals surface area contributed by atoms with Gasteiger partial charge in [0.1, 0.15) is 24.2 Å². The molecule has 40 heavy (non-hydrogen) atoms. The number of β-lactam (4-membered cyclic amide) rings is 1. The van der Waals surface area contributed by atoms with Crippen molar-refractivity contribution in [1.82, 2.24) is 19.6 Å². The number of ether oxygens (including phenoxy) is 1. The van der Waals surface area contributed by atoms with Gasteiger partial charge in [-0.2, -0.15) is 9.36 Å². The van der Waals surface area contributed by atoms with Crippen LogP contribution in [-0.4, -0.2) is 67.9 Å². The van der Waals surface area contributed by atoms with Gasteiger partial charge in [0.2, 0.25) is 11.5 Å². The molecule has 3 heterocycles. The molecular weight excluding hydrogens is 576 g/mol. The van der Waals surface area contributed by atoms with Gasteiger partial charge in [-0.15, -0.1) is 23.4 Å². The minimum Gasteiger partial charge on any atom is -0.448 e. The highest BCUT2D eigenvalue weighted by molar-refractivity contribution is 8.00. The number of thioether (sulfide) groups is 1. The number of fused-ring (bicyclic) bond motifs is 1. The molecule has 5 rings (SSSR count). The van der Waals surface area contributed by atoms with Gasteiger partial charge in [-0.3, -0.25) is 14.5 Å². The summed E-state index contributed by atoms with van der Waals surface area (Å²) in [5.74, 6) is -1.50. The maximum atomic E-state index is 13.7. The summed E-state index contributed by atoms with van der Waals surface area (Å²) in [7, 11) is 1.27. The van der Waals surface area contributed by atoms with Crippen LogP contribution in [0.2, 0.25) is 0 Å². The Morgan fingerprint density at radius 2 is 1.82 bits per heavy atom. The predicted molar refractivity (Wildman–Crippen MR) is 151 cm³/mol. The zero-order valence-electron chi connectivity index (χ0n) is 21.0. The summed E-state index contributed by atoms with van der Waals surface area (Å²) in [6, 6.07) is 17.7. The smallest absolute Gasteiger partial charge is 0.356 e. The van der Waals surface area contributed by atoms with Gasteiger partial charge in [-0.1, -0.05) is 65.8 Å². The molecule has 2 aromatic carbocycles.